The fraction of sp³-hybridized carbons (Fsp3) is 0. The van der Waals surface area contributed by atoms with Crippen LogP contribution in [0.4, 0.5) is 0 Å². The van der Waals surface area contributed by atoms with E-state index in [-0.39, 0.29) is 11.6 Å². The van der Waals surface area contributed by atoms with Gasteiger partial charge in [-0.2, -0.15) is 15.3 Å². The first-order valence-electron chi connectivity index (χ1n) is 8.25. The van der Waals surface area contributed by atoms with Crippen LogP contribution in [0.3, 0.4) is 0 Å². The van der Waals surface area contributed by atoms with Crippen LogP contribution < -0.4 is 0 Å². The first-order valence-corrected chi connectivity index (χ1v) is 8.25. The molecule has 5 rings (SSSR count). The van der Waals surface area contributed by atoms with Crippen molar-refractivity contribution in [1.29, 1.82) is 5.26 Å². The maximum Gasteiger partial charge on any atom is 0.252 e. The second-order valence-corrected chi connectivity index (χ2v) is 6.20. The predicted octanol–water partition coefficient (Wildman–Crippen LogP) is 3.75. The lowest BCUT2D eigenvalue weighted by Gasteiger charge is -2.03. The number of hydrogen-bond donors (Lipinski definition) is 3. The lowest BCUT2D eigenvalue weighted by molar-refractivity contribution is 0.476. The van der Waals surface area contributed by atoms with Gasteiger partial charge in [0.15, 0.2) is 5.82 Å². The maximum atomic E-state index is 9.63. The van der Waals surface area contributed by atoms with Crippen LogP contribution in [0, 0.1) is 11.3 Å². The number of aromatic amines is 2. The fourth-order valence-corrected chi connectivity index (χ4v) is 3.20. The number of phenolic OH excluding ortho intramolecular Hbond substituents is 1. The Labute approximate surface area is 152 Å². The standard InChI is InChI=1S/C20H12N6O/c21-10-18-22-20(26-24-18)14-4-6-17-16(9-14)19(25-23-17)13-2-1-12-8-15(27)5-3-11(12)7-13/h1-9,27H,(H,23,25)(H,22,24,26). The summed E-state index contributed by atoms with van der Waals surface area (Å²) in [4.78, 5) is 4.16. The molecule has 0 aliphatic rings. The Kier molecular flexibility index (Phi) is 3.18. The molecular weight excluding hydrogens is 340 g/mol. The summed E-state index contributed by atoms with van der Waals surface area (Å²) in [5.41, 5.74) is 3.51. The number of benzene rings is 3. The number of rotatable bonds is 2. The number of nitrogens with one attached hydrogen (secondary N) is 2. The van der Waals surface area contributed by atoms with Crippen molar-refractivity contribution in [2.24, 2.45) is 0 Å². The topological polar surface area (TPSA) is 114 Å². The van der Waals surface area contributed by atoms with Crippen LogP contribution in [-0.4, -0.2) is 30.5 Å². The average Bonchev–Trinajstić information content (AvgIpc) is 3.34. The monoisotopic (exact) mass is 352 g/mol. The molecule has 0 amide bonds. The average molecular weight is 352 g/mol. The van der Waals surface area contributed by atoms with Crippen molar-refractivity contribution in [2.75, 3.05) is 0 Å². The molecule has 0 atom stereocenters. The van der Waals surface area contributed by atoms with Crippen LogP contribution in [0.25, 0.3) is 44.3 Å². The summed E-state index contributed by atoms with van der Waals surface area (Å²) in [5, 5.41) is 35.6. The lowest BCUT2D eigenvalue weighted by Crippen LogP contribution is -1.83. The minimum atomic E-state index is 0.107. The lowest BCUT2D eigenvalue weighted by atomic mass is 10.0. The van der Waals surface area contributed by atoms with E-state index >= 15 is 0 Å². The number of nitriles is 1. The van der Waals surface area contributed by atoms with E-state index in [2.05, 4.69) is 25.4 Å². The zero-order valence-electron chi connectivity index (χ0n) is 13.9. The Bertz CT molecular complexity index is 1360. The van der Waals surface area contributed by atoms with E-state index in [4.69, 9.17) is 5.26 Å². The minimum Gasteiger partial charge on any atom is -0.508 e. The molecule has 0 aliphatic heterocycles. The third-order valence-electron chi connectivity index (χ3n) is 4.52. The number of fused-ring (bicyclic) bond motifs is 2. The number of H-pyrrole nitrogens is 2. The van der Waals surface area contributed by atoms with Crippen LogP contribution in [0.2, 0.25) is 0 Å². The van der Waals surface area contributed by atoms with E-state index < -0.39 is 0 Å². The van der Waals surface area contributed by atoms with Gasteiger partial charge in [-0.15, -0.1) is 5.10 Å². The van der Waals surface area contributed by atoms with Crippen molar-refractivity contribution in [1.82, 2.24) is 25.4 Å². The highest BCUT2D eigenvalue weighted by Gasteiger charge is 2.12. The highest BCUT2D eigenvalue weighted by Crippen LogP contribution is 2.32. The molecule has 0 unspecified atom stereocenters. The van der Waals surface area contributed by atoms with Gasteiger partial charge in [-0.05, 0) is 47.2 Å². The summed E-state index contributed by atoms with van der Waals surface area (Å²) in [7, 11) is 0. The molecule has 0 saturated heterocycles. The molecule has 128 valence electrons. The maximum absolute atomic E-state index is 9.63. The molecule has 2 aromatic heterocycles. The van der Waals surface area contributed by atoms with Crippen molar-refractivity contribution >= 4 is 21.7 Å². The largest absolute Gasteiger partial charge is 0.508 e. The first kappa shape index (κ1) is 15.1. The van der Waals surface area contributed by atoms with E-state index in [9.17, 15) is 5.11 Å². The molecular formula is C20H12N6O. The van der Waals surface area contributed by atoms with Gasteiger partial charge in [0, 0.05) is 16.5 Å². The first-order chi connectivity index (χ1) is 13.2. The zero-order valence-corrected chi connectivity index (χ0v) is 13.9. The van der Waals surface area contributed by atoms with Crippen molar-refractivity contribution in [3.63, 3.8) is 0 Å². The molecule has 0 saturated carbocycles. The van der Waals surface area contributed by atoms with Gasteiger partial charge in [-0.3, -0.25) is 10.2 Å². The van der Waals surface area contributed by atoms with Crippen LogP contribution in [-0.2, 0) is 0 Å². The third-order valence-corrected chi connectivity index (χ3v) is 4.52. The van der Waals surface area contributed by atoms with Crippen LogP contribution >= 0.6 is 0 Å². The number of phenols is 1. The number of hydrogen-bond acceptors (Lipinski definition) is 5. The Morgan fingerprint density at radius 1 is 0.852 bits per heavy atom. The van der Waals surface area contributed by atoms with Gasteiger partial charge < -0.3 is 5.11 Å². The van der Waals surface area contributed by atoms with Gasteiger partial charge in [0.25, 0.3) is 5.82 Å². The summed E-state index contributed by atoms with van der Waals surface area (Å²) >= 11 is 0. The van der Waals surface area contributed by atoms with Gasteiger partial charge in [-0.25, -0.2) is 0 Å². The molecule has 27 heavy (non-hydrogen) atoms. The molecule has 0 spiro atoms. The van der Waals surface area contributed by atoms with Crippen molar-refractivity contribution in [2.45, 2.75) is 0 Å². The highest BCUT2D eigenvalue weighted by molar-refractivity contribution is 5.97. The van der Waals surface area contributed by atoms with Crippen molar-refractivity contribution < 1.29 is 5.11 Å². The minimum absolute atomic E-state index is 0.107. The molecule has 5 aromatic rings. The number of aromatic nitrogens is 5. The molecule has 0 radical (unpaired) electrons. The van der Waals surface area contributed by atoms with Gasteiger partial charge in [-0.1, -0.05) is 18.2 Å². The van der Waals surface area contributed by atoms with Crippen LogP contribution in [0.1, 0.15) is 5.82 Å². The van der Waals surface area contributed by atoms with Gasteiger partial charge in [0.2, 0.25) is 0 Å². The van der Waals surface area contributed by atoms with E-state index in [1.807, 2.05) is 48.5 Å². The van der Waals surface area contributed by atoms with Gasteiger partial charge >= 0.3 is 0 Å². The number of nitrogens with zero attached hydrogens (tertiary/aromatic N) is 4. The predicted molar refractivity (Wildman–Crippen MR) is 101 cm³/mol. The Morgan fingerprint density at radius 3 is 2.52 bits per heavy atom. The molecule has 3 N–H and O–H groups in total. The van der Waals surface area contributed by atoms with Gasteiger partial charge in [0.05, 0.1) is 11.2 Å². The van der Waals surface area contributed by atoms with E-state index in [0.29, 0.717) is 5.82 Å². The van der Waals surface area contributed by atoms with E-state index in [0.717, 1.165) is 38.5 Å². The normalized spacial score (nSPS) is 11.1. The SMILES string of the molecule is N#Cc1n[nH]c(-c2ccc3[nH]nc(-c4ccc5cc(O)ccc5c4)c3c2)n1. The summed E-state index contributed by atoms with van der Waals surface area (Å²) in [6.45, 7) is 0. The van der Waals surface area contributed by atoms with E-state index in [1.165, 1.54) is 0 Å². The highest BCUT2D eigenvalue weighted by atomic mass is 16.3. The summed E-state index contributed by atoms with van der Waals surface area (Å²) in [6.07, 6.45) is 0. The van der Waals surface area contributed by atoms with E-state index in [1.54, 1.807) is 12.1 Å². The fourth-order valence-electron chi connectivity index (χ4n) is 3.20. The third kappa shape index (κ3) is 2.48. The molecule has 2 heterocycles. The molecule has 0 fully saturated rings. The molecule has 7 heteroatoms. The second-order valence-electron chi connectivity index (χ2n) is 6.20. The second kappa shape index (κ2) is 5.68. The zero-order chi connectivity index (χ0) is 18.4. The van der Waals surface area contributed by atoms with Gasteiger partial charge in [0.1, 0.15) is 11.8 Å². The van der Waals surface area contributed by atoms with Crippen molar-refractivity contribution in [3.05, 3.63) is 60.4 Å². The quantitative estimate of drug-likeness (QED) is 0.448. The Balaban J connectivity index is 1.66. The molecule has 7 nitrogen and oxygen atoms in total. The Morgan fingerprint density at radius 2 is 1.67 bits per heavy atom. The Hall–Kier alpha value is -4.18. The molecule has 0 bridgehead atoms. The van der Waals surface area contributed by atoms with Crippen molar-refractivity contribution in [3.8, 4) is 34.5 Å². The summed E-state index contributed by atoms with van der Waals surface area (Å²) in [5.74, 6) is 0.888. The van der Waals surface area contributed by atoms with Crippen LogP contribution in [0.5, 0.6) is 5.75 Å². The smallest absolute Gasteiger partial charge is 0.252 e. The van der Waals surface area contributed by atoms with Crippen LogP contribution in [0.15, 0.2) is 54.6 Å². The molecule has 0 aliphatic carbocycles. The molecule has 3 aromatic carbocycles. The summed E-state index contributed by atoms with van der Waals surface area (Å²) < 4.78 is 0. The summed E-state index contributed by atoms with van der Waals surface area (Å²) in [6, 6.07) is 19.0. The number of aromatic hydroxyl groups is 1.